The van der Waals surface area contributed by atoms with Gasteiger partial charge in [-0.15, -0.1) is 0 Å². The summed E-state index contributed by atoms with van der Waals surface area (Å²) in [6, 6.07) is 1.22. The second kappa shape index (κ2) is 17.9. The third-order valence-corrected chi connectivity index (χ3v) is 6.93. The van der Waals surface area contributed by atoms with E-state index in [9.17, 15) is 19.8 Å². The van der Waals surface area contributed by atoms with E-state index in [4.69, 9.17) is 9.47 Å². The number of aromatic nitrogens is 2. The summed E-state index contributed by atoms with van der Waals surface area (Å²) in [5.74, 6) is 0. The Morgan fingerprint density at radius 1 is 0.886 bits per heavy atom. The van der Waals surface area contributed by atoms with Crippen molar-refractivity contribution in [3.05, 3.63) is 33.1 Å². The fourth-order valence-corrected chi connectivity index (χ4v) is 4.77. The van der Waals surface area contributed by atoms with Crippen LogP contribution in [-0.2, 0) is 9.47 Å². The Kier molecular flexibility index (Phi) is 15.2. The molecule has 3 N–H and O–H groups in total. The van der Waals surface area contributed by atoms with E-state index < -0.39 is 35.8 Å². The fourth-order valence-electron chi connectivity index (χ4n) is 4.77. The van der Waals surface area contributed by atoms with E-state index >= 15 is 0 Å². The van der Waals surface area contributed by atoms with E-state index in [1.165, 1.54) is 100 Å². The summed E-state index contributed by atoms with van der Waals surface area (Å²) in [7, 11) is 0. The van der Waals surface area contributed by atoms with E-state index in [2.05, 4.69) is 11.9 Å². The van der Waals surface area contributed by atoms with Crippen LogP contribution < -0.4 is 11.2 Å². The van der Waals surface area contributed by atoms with Crippen molar-refractivity contribution in [2.45, 2.75) is 134 Å². The first kappa shape index (κ1) is 29.7. The number of unbranched alkanes of at least 4 members (excludes halogenated alkanes) is 15. The molecule has 0 amide bonds. The lowest BCUT2D eigenvalue weighted by Gasteiger charge is -2.22. The molecule has 0 aromatic carbocycles. The number of hydrogen-bond acceptors (Lipinski definition) is 6. The number of H-pyrrole nitrogens is 1. The average molecular weight is 497 g/mol. The molecule has 202 valence electrons. The van der Waals surface area contributed by atoms with E-state index in [1.54, 1.807) is 0 Å². The van der Waals surface area contributed by atoms with Gasteiger partial charge in [-0.25, -0.2) is 4.79 Å². The van der Waals surface area contributed by atoms with Gasteiger partial charge in [0.1, 0.15) is 18.3 Å². The number of rotatable bonds is 20. The summed E-state index contributed by atoms with van der Waals surface area (Å²) >= 11 is 0. The van der Waals surface area contributed by atoms with Crippen LogP contribution in [0.25, 0.3) is 0 Å². The van der Waals surface area contributed by atoms with Crippen LogP contribution in [0.2, 0.25) is 0 Å². The average Bonchev–Trinajstić information content (AvgIpc) is 3.16. The second-order valence-corrected chi connectivity index (χ2v) is 9.89. The first-order valence-electron chi connectivity index (χ1n) is 14.0. The molecule has 4 atom stereocenters. The number of aliphatic hydroxyl groups is 2. The second-order valence-electron chi connectivity index (χ2n) is 9.89. The fraction of sp³-hybridized carbons (Fsp3) is 0.852. The van der Waals surface area contributed by atoms with Crippen molar-refractivity contribution in [2.75, 3.05) is 13.2 Å². The molecule has 1 aliphatic rings. The molecular formula is C27H48N2O6. The van der Waals surface area contributed by atoms with Crippen molar-refractivity contribution in [1.29, 1.82) is 0 Å². The van der Waals surface area contributed by atoms with Crippen LogP contribution >= 0.6 is 0 Å². The van der Waals surface area contributed by atoms with Crippen LogP contribution in [0.4, 0.5) is 0 Å². The van der Waals surface area contributed by atoms with Gasteiger partial charge in [-0.05, 0) is 6.42 Å². The zero-order valence-electron chi connectivity index (χ0n) is 21.7. The maximum absolute atomic E-state index is 12.1. The van der Waals surface area contributed by atoms with Crippen molar-refractivity contribution in [3.63, 3.8) is 0 Å². The maximum atomic E-state index is 12.1. The van der Waals surface area contributed by atoms with Gasteiger partial charge in [0.05, 0.1) is 6.61 Å². The van der Waals surface area contributed by atoms with Crippen molar-refractivity contribution < 1.29 is 19.7 Å². The number of ether oxygens (including phenoxy) is 2. The number of hydrogen-bond donors (Lipinski definition) is 3. The number of aliphatic hydroxyl groups excluding tert-OH is 2. The van der Waals surface area contributed by atoms with Gasteiger partial charge in [0.15, 0.2) is 6.23 Å². The minimum Gasteiger partial charge on any atom is -0.394 e. The molecule has 2 rings (SSSR count). The monoisotopic (exact) mass is 496 g/mol. The summed E-state index contributed by atoms with van der Waals surface area (Å²) in [6.07, 6.45) is 18.5. The highest BCUT2D eigenvalue weighted by molar-refractivity contribution is 4.94. The molecule has 0 radical (unpaired) electrons. The van der Waals surface area contributed by atoms with Crippen molar-refractivity contribution in [2.24, 2.45) is 0 Å². The first-order valence-corrected chi connectivity index (χ1v) is 14.0. The molecule has 8 heteroatoms. The van der Waals surface area contributed by atoms with Gasteiger partial charge in [0, 0.05) is 18.9 Å². The largest absolute Gasteiger partial charge is 0.394 e. The minimum absolute atomic E-state index is 0.380. The highest BCUT2D eigenvalue weighted by Crippen LogP contribution is 2.30. The summed E-state index contributed by atoms with van der Waals surface area (Å²) in [6.45, 7) is 2.32. The molecule has 35 heavy (non-hydrogen) atoms. The highest BCUT2D eigenvalue weighted by atomic mass is 16.6. The third kappa shape index (κ3) is 11.0. The topological polar surface area (TPSA) is 114 Å². The standard InChI is InChI=1S/C27H48N2O6/c1-2-3-4-5-6-7-8-9-10-11-12-13-14-15-16-17-20-34-25-24(32)22(21-30)35-26(25)29-19-18-23(31)28-27(29)33/h18-19,22,24-26,30,32H,2-17,20-21H2,1H3,(H,28,31,33)/t22-,24-,25-,26-/m1/s1. The Morgan fingerprint density at radius 3 is 1.89 bits per heavy atom. The smallest absolute Gasteiger partial charge is 0.330 e. The lowest BCUT2D eigenvalue weighted by Crippen LogP contribution is -2.39. The Morgan fingerprint density at radius 2 is 1.40 bits per heavy atom. The quantitative estimate of drug-likeness (QED) is 0.230. The zero-order chi connectivity index (χ0) is 25.3. The van der Waals surface area contributed by atoms with Crippen molar-refractivity contribution in [3.8, 4) is 0 Å². The number of nitrogens with zero attached hydrogens (tertiary/aromatic N) is 1. The number of aromatic amines is 1. The third-order valence-electron chi connectivity index (χ3n) is 6.93. The molecule has 0 spiro atoms. The van der Waals surface area contributed by atoms with Crippen LogP contribution in [0.1, 0.15) is 116 Å². The lowest BCUT2D eigenvalue weighted by atomic mass is 10.0. The molecule has 0 aliphatic carbocycles. The lowest BCUT2D eigenvalue weighted by molar-refractivity contribution is -0.0749. The summed E-state index contributed by atoms with van der Waals surface area (Å²) in [5, 5.41) is 19.9. The van der Waals surface area contributed by atoms with E-state index in [-0.39, 0.29) is 6.61 Å². The van der Waals surface area contributed by atoms with Gasteiger partial charge in [-0.1, -0.05) is 103 Å². The Hall–Kier alpha value is -1.48. The van der Waals surface area contributed by atoms with E-state index in [1.807, 2.05) is 0 Å². The molecule has 8 nitrogen and oxygen atoms in total. The van der Waals surface area contributed by atoms with Crippen LogP contribution in [0.5, 0.6) is 0 Å². The Bertz CT molecular complexity index is 779. The van der Waals surface area contributed by atoms with Crippen LogP contribution in [-0.4, -0.2) is 51.3 Å². The van der Waals surface area contributed by atoms with E-state index in [0.29, 0.717) is 6.61 Å². The highest BCUT2D eigenvalue weighted by Gasteiger charge is 2.45. The van der Waals surface area contributed by atoms with Crippen LogP contribution in [0, 0.1) is 0 Å². The van der Waals surface area contributed by atoms with E-state index in [0.717, 1.165) is 19.3 Å². The molecule has 2 heterocycles. The molecule has 0 bridgehead atoms. The molecular weight excluding hydrogens is 448 g/mol. The van der Waals surface area contributed by atoms with Gasteiger partial charge in [-0.3, -0.25) is 14.3 Å². The van der Waals surface area contributed by atoms with Crippen molar-refractivity contribution in [1.82, 2.24) is 9.55 Å². The Labute approximate surface area is 210 Å². The predicted octanol–water partition coefficient (Wildman–Crippen LogP) is 4.43. The normalized spacial score (nSPS) is 22.1. The van der Waals surface area contributed by atoms with Gasteiger partial charge in [0.2, 0.25) is 0 Å². The molecule has 1 aromatic rings. The van der Waals surface area contributed by atoms with Crippen molar-refractivity contribution >= 4 is 0 Å². The van der Waals surface area contributed by atoms with Gasteiger partial charge >= 0.3 is 5.69 Å². The molecule has 0 unspecified atom stereocenters. The zero-order valence-corrected chi connectivity index (χ0v) is 21.7. The van der Waals surface area contributed by atoms with Gasteiger partial charge in [-0.2, -0.15) is 0 Å². The summed E-state index contributed by atoms with van der Waals surface area (Å²) in [4.78, 5) is 25.7. The maximum Gasteiger partial charge on any atom is 0.330 e. The Balaban J connectivity index is 1.52. The van der Waals surface area contributed by atoms with Gasteiger partial charge < -0.3 is 19.7 Å². The molecule has 1 fully saturated rings. The predicted molar refractivity (Wildman–Crippen MR) is 138 cm³/mol. The van der Waals surface area contributed by atoms with Gasteiger partial charge in [0.25, 0.3) is 5.56 Å². The number of nitrogens with one attached hydrogen (secondary N) is 1. The molecule has 1 saturated heterocycles. The molecule has 0 saturated carbocycles. The summed E-state index contributed by atoms with van der Waals surface area (Å²) < 4.78 is 12.7. The minimum atomic E-state index is -1.05. The van der Waals surface area contributed by atoms with Crippen LogP contribution in [0.3, 0.4) is 0 Å². The molecule has 1 aromatic heterocycles. The summed E-state index contributed by atoms with van der Waals surface area (Å²) in [5.41, 5.74) is -1.14. The molecule has 1 aliphatic heterocycles. The SMILES string of the molecule is CCCCCCCCCCCCCCCCCCO[C@@H]1[C@H](O)[C@@H](CO)O[C@H]1n1ccc(=O)[nH]c1=O. The van der Waals surface area contributed by atoms with Crippen LogP contribution in [0.15, 0.2) is 21.9 Å². The first-order chi connectivity index (χ1) is 17.1.